The van der Waals surface area contributed by atoms with Crippen LogP contribution in [-0.2, 0) is 13.0 Å². The van der Waals surface area contributed by atoms with Gasteiger partial charge in [0.25, 0.3) is 0 Å². The van der Waals surface area contributed by atoms with Gasteiger partial charge in [-0.15, -0.1) is 23.5 Å². The van der Waals surface area contributed by atoms with Gasteiger partial charge < -0.3 is 5.32 Å². The Morgan fingerprint density at radius 1 is 1.21 bits per heavy atom. The van der Waals surface area contributed by atoms with Crippen molar-refractivity contribution >= 4 is 23.5 Å². The molecule has 2 rings (SSSR count). The molecule has 14 heavy (non-hydrogen) atoms. The van der Waals surface area contributed by atoms with Gasteiger partial charge >= 0.3 is 0 Å². The standard InChI is InChI=1S/C11H15NS2/c1-13-10-4-3-8-5-6-12-7-9(8)11(10)14-2/h3-4,12H,5-7H2,1-2H3. The molecular formula is C11H15NS2. The van der Waals surface area contributed by atoms with Gasteiger partial charge in [0.15, 0.2) is 0 Å². The molecule has 0 aliphatic carbocycles. The Morgan fingerprint density at radius 3 is 2.79 bits per heavy atom. The lowest BCUT2D eigenvalue weighted by Gasteiger charge is -2.21. The zero-order chi connectivity index (χ0) is 9.97. The first kappa shape index (κ1) is 10.4. The van der Waals surface area contributed by atoms with E-state index in [1.54, 1.807) is 0 Å². The molecule has 0 radical (unpaired) electrons. The van der Waals surface area contributed by atoms with Crippen LogP contribution in [0.5, 0.6) is 0 Å². The van der Waals surface area contributed by atoms with Crippen LogP contribution in [0.4, 0.5) is 0 Å². The van der Waals surface area contributed by atoms with Gasteiger partial charge in [0.1, 0.15) is 0 Å². The minimum Gasteiger partial charge on any atom is -0.312 e. The van der Waals surface area contributed by atoms with Crippen LogP contribution in [0.2, 0.25) is 0 Å². The van der Waals surface area contributed by atoms with Crippen LogP contribution < -0.4 is 5.32 Å². The molecule has 3 heteroatoms. The van der Waals surface area contributed by atoms with E-state index >= 15 is 0 Å². The smallest absolute Gasteiger partial charge is 0.0253 e. The molecular weight excluding hydrogens is 210 g/mol. The highest BCUT2D eigenvalue weighted by Gasteiger charge is 2.14. The van der Waals surface area contributed by atoms with E-state index in [1.165, 1.54) is 27.3 Å². The molecule has 1 aromatic carbocycles. The molecule has 0 aromatic heterocycles. The average molecular weight is 225 g/mol. The van der Waals surface area contributed by atoms with Gasteiger partial charge in [-0.25, -0.2) is 0 Å². The Kier molecular flexibility index (Phi) is 3.42. The molecule has 1 aliphatic rings. The van der Waals surface area contributed by atoms with Gasteiger partial charge in [0.05, 0.1) is 0 Å². The van der Waals surface area contributed by atoms with E-state index in [4.69, 9.17) is 0 Å². The lowest BCUT2D eigenvalue weighted by Crippen LogP contribution is -2.24. The Hall–Kier alpha value is -0.120. The predicted octanol–water partition coefficient (Wildman–Crippen LogP) is 2.78. The van der Waals surface area contributed by atoms with Crippen LogP contribution in [0.15, 0.2) is 21.9 Å². The summed E-state index contributed by atoms with van der Waals surface area (Å²) < 4.78 is 0. The molecule has 0 unspecified atom stereocenters. The van der Waals surface area contributed by atoms with Crippen molar-refractivity contribution in [2.24, 2.45) is 0 Å². The van der Waals surface area contributed by atoms with Crippen molar-refractivity contribution in [2.75, 3.05) is 19.1 Å². The summed E-state index contributed by atoms with van der Waals surface area (Å²) in [6.07, 6.45) is 5.50. The first-order valence-corrected chi connectivity index (χ1v) is 7.25. The fourth-order valence-corrected chi connectivity index (χ4v) is 3.63. The molecule has 0 spiro atoms. The molecule has 0 bridgehead atoms. The van der Waals surface area contributed by atoms with Crippen LogP contribution in [-0.4, -0.2) is 19.1 Å². The summed E-state index contributed by atoms with van der Waals surface area (Å²) in [5, 5.41) is 3.44. The summed E-state index contributed by atoms with van der Waals surface area (Å²) >= 11 is 3.72. The van der Waals surface area contributed by atoms with E-state index in [0.717, 1.165) is 13.1 Å². The van der Waals surface area contributed by atoms with Crippen LogP contribution in [0.25, 0.3) is 0 Å². The van der Waals surface area contributed by atoms with Crippen molar-refractivity contribution in [3.05, 3.63) is 23.3 Å². The number of thioether (sulfide) groups is 2. The van der Waals surface area contributed by atoms with Gasteiger partial charge in [-0.2, -0.15) is 0 Å². The Bertz CT molecular complexity index is 321. The quantitative estimate of drug-likeness (QED) is 0.777. The molecule has 1 aliphatic heterocycles. The maximum absolute atomic E-state index is 3.44. The fraction of sp³-hybridized carbons (Fsp3) is 0.455. The molecule has 1 nitrogen and oxygen atoms in total. The van der Waals surface area contributed by atoms with Crippen molar-refractivity contribution in [3.8, 4) is 0 Å². The topological polar surface area (TPSA) is 12.0 Å². The van der Waals surface area contributed by atoms with Gasteiger partial charge in [-0.3, -0.25) is 0 Å². The predicted molar refractivity (Wildman–Crippen MR) is 65.4 cm³/mol. The molecule has 1 N–H and O–H groups in total. The second-order valence-corrected chi connectivity index (χ2v) is 5.03. The lowest BCUT2D eigenvalue weighted by atomic mass is 10.0. The Labute approximate surface area is 94.0 Å². The average Bonchev–Trinajstić information content (AvgIpc) is 2.27. The summed E-state index contributed by atoms with van der Waals surface area (Å²) in [4.78, 5) is 2.89. The van der Waals surface area contributed by atoms with E-state index < -0.39 is 0 Å². The monoisotopic (exact) mass is 225 g/mol. The third-order valence-corrected chi connectivity index (χ3v) is 4.40. The van der Waals surface area contributed by atoms with Gasteiger partial charge in [0, 0.05) is 16.3 Å². The molecule has 76 valence electrons. The molecule has 0 amide bonds. The third kappa shape index (κ3) is 1.81. The maximum atomic E-state index is 3.44. The van der Waals surface area contributed by atoms with Crippen molar-refractivity contribution in [1.29, 1.82) is 0 Å². The van der Waals surface area contributed by atoms with Crippen molar-refractivity contribution in [1.82, 2.24) is 5.32 Å². The van der Waals surface area contributed by atoms with Gasteiger partial charge in [0.2, 0.25) is 0 Å². The highest BCUT2D eigenvalue weighted by Crippen LogP contribution is 2.34. The van der Waals surface area contributed by atoms with Crippen molar-refractivity contribution in [2.45, 2.75) is 22.8 Å². The zero-order valence-electron chi connectivity index (χ0n) is 8.59. The van der Waals surface area contributed by atoms with E-state index in [1.807, 2.05) is 23.5 Å². The summed E-state index contributed by atoms with van der Waals surface area (Å²) in [7, 11) is 0. The second kappa shape index (κ2) is 4.60. The molecule has 0 fully saturated rings. The number of rotatable bonds is 2. The number of nitrogens with one attached hydrogen (secondary N) is 1. The normalized spacial score (nSPS) is 15.3. The van der Waals surface area contributed by atoms with E-state index in [9.17, 15) is 0 Å². The Morgan fingerprint density at radius 2 is 2.07 bits per heavy atom. The molecule has 0 atom stereocenters. The molecule has 0 saturated carbocycles. The molecule has 1 aromatic rings. The van der Waals surface area contributed by atoms with Gasteiger partial charge in [-0.1, -0.05) is 6.07 Å². The van der Waals surface area contributed by atoms with E-state index in [0.29, 0.717) is 0 Å². The zero-order valence-corrected chi connectivity index (χ0v) is 10.2. The first-order valence-electron chi connectivity index (χ1n) is 4.80. The lowest BCUT2D eigenvalue weighted by molar-refractivity contribution is 0.631. The van der Waals surface area contributed by atoms with E-state index in [-0.39, 0.29) is 0 Å². The first-order chi connectivity index (χ1) is 6.86. The van der Waals surface area contributed by atoms with E-state index in [2.05, 4.69) is 30.0 Å². The number of hydrogen-bond acceptors (Lipinski definition) is 3. The second-order valence-electron chi connectivity index (χ2n) is 3.37. The van der Waals surface area contributed by atoms with Crippen LogP contribution in [0.1, 0.15) is 11.1 Å². The van der Waals surface area contributed by atoms with Crippen LogP contribution in [0, 0.1) is 0 Å². The largest absolute Gasteiger partial charge is 0.312 e. The maximum Gasteiger partial charge on any atom is 0.0253 e. The van der Waals surface area contributed by atoms with Crippen LogP contribution in [0.3, 0.4) is 0 Å². The number of hydrogen-bond donors (Lipinski definition) is 1. The summed E-state index contributed by atoms with van der Waals surface area (Å²) in [5.41, 5.74) is 3.06. The fourth-order valence-electron chi connectivity index (χ4n) is 1.90. The summed E-state index contributed by atoms with van der Waals surface area (Å²) in [5.74, 6) is 0. The third-order valence-electron chi connectivity index (χ3n) is 2.62. The molecule has 1 heterocycles. The summed E-state index contributed by atoms with van der Waals surface area (Å²) in [6, 6.07) is 4.56. The van der Waals surface area contributed by atoms with Crippen molar-refractivity contribution in [3.63, 3.8) is 0 Å². The van der Waals surface area contributed by atoms with Gasteiger partial charge in [-0.05, 0) is 42.7 Å². The van der Waals surface area contributed by atoms with Crippen molar-refractivity contribution < 1.29 is 0 Å². The SMILES string of the molecule is CSc1ccc2c(c1SC)CNCC2. The number of benzene rings is 1. The highest BCUT2D eigenvalue weighted by atomic mass is 32.2. The Balaban J connectivity index is 2.50. The minimum atomic E-state index is 1.04. The molecule has 0 saturated heterocycles. The summed E-state index contributed by atoms with van der Waals surface area (Å²) in [6.45, 7) is 2.17. The number of fused-ring (bicyclic) bond motifs is 1. The van der Waals surface area contributed by atoms with Crippen LogP contribution >= 0.6 is 23.5 Å². The highest BCUT2D eigenvalue weighted by molar-refractivity contribution is 8.01. The minimum absolute atomic E-state index is 1.04.